The monoisotopic (exact) mass is 311 g/mol. The third-order valence-electron chi connectivity index (χ3n) is 6.36. The Labute approximate surface area is 134 Å². The van der Waals surface area contributed by atoms with E-state index in [-0.39, 0.29) is 0 Å². The third-order valence-corrected chi connectivity index (χ3v) is 7.69. The van der Waals surface area contributed by atoms with Gasteiger partial charge in [0.05, 0.1) is 0 Å². The van der Waals surface area contributed by atoms with E-state index in [1.165, 1.54) is 44.3 Å². The smallest absolute Gasteiger partial charge is 0.0441 e. The molecule has 3 heteroatoms. The molecular weight excluding hydrogens is 278 g/mol. The van der Waals surface area contributed by atoms with E-state index in [0.717, 1.165) is 30.7 Å². The summed E-state index contributed by atoms with van der Waals surface area (Å²) in [6.07, 6.45) is 10.0. The summed E-state index contributed by atoms with van der Waals surface area (Å²) in [4.78, 5) is 0. The van der Waals surface area contributed by atoms with Gasteiger partial charge in [-0.25, -0.2) is 0 Å². The van der Waals surface area contributed by atoms with E-state index in [1.54, 1.807) is 0 Å². The number of aliphatic hydroxyl groups excluding tert-OH is 1. The highest BCUT2D eigenvalue weighted by Gasteiger charge is 2.53. The third kappa shape index (κ3) is 3.45. The Morgan fingerprint density at radius 1 is 1.14 bits per heavy atom. The second kappa shape index (κ2) is 6.80. The Morgan fingerprint density at radius 2 is 1.71 bits per heavy atom. The zero-order valence-electron chi connectivity index (χ0n) is 13.8. The van der Waals surface area contributed by atoms with E-state index in [0.29, 0.717) is 23.3 Å². The molecule has 2 atom stereocenters. The van der Waals surface area contributed by atoms with Crippen molar-refractivity contribution in [2.45, 2.75) is 70.1 Å². The Bertz CT molecular complexity index is 311. The average Bonchev–Trinajstić information content (AvgIpc) is 2.42. The minimum Gasteiger partial charge on any atom is -0.396 e. The number of hydrogen-bond acceptors (Lipinski definition) is 3. The van der Waals surface area contributed by atoms with Crippen LogP contribution in [0.3, 0.4) is 0 Å². The van der Waals surface area contributed by atoms with Crippen LogP contribution in [0.4, 0.5) is 0 Å². The van der Waals surface area contributed by atoms with Crippen molar-refractivity contribution in [3.63, 3.8) is 0 Å². The zero-order chi connectivity index (χ0) is 14.9. The van der Waals surface area contributed by atoms with Gasteiger partial charge in [-0.2, -0.15) is 11.8 Å². The van der Waals surface area contributed by atoms with Gasteiger partial charge in [0.1, 0.15) is 0 Å². The molecule has 4 saturated carbocycles. The molecule has 21 heavy (non-hydrogen) atoms. The molecule has 0 saturated heterocycles. The van der Waals surface area contributed by atoms with Crippen LogP contribution in [0.2, 0.25) is 0 Å². The molecule has 0 aromatic heterocycles. The van der Waals surface area contributed by atoms with Crippen molar-refractivity contribution in [3.05, 3.63) is 0 Å². The number of thioether (sulfide) groups is 1. The van der Waals surface area contributed by atoms with E-state index in [1.807, 2.05) is 0 Å². The normalized spacial score (nSPS) is 40.4. The summed E-state index contributed by atoms with van der Waals surface area (Å²) in [6.45, 7) is 5.96. The summed E-state index contributed by atoms with van der Waals surface area (Å²) in [5, 5.41) is 13.5. The van der Waals surface area contributed by atoms with Crippen molar-refractivity contribution in [3.8, 4) is 0 Å². The molecule has 2 N–H and O–H groups in total. The van der Waals surface area contributed by atoms with Crippen LogP contribution < -0.4 is 5.32 Å². The first-order chi connectivity index (χ1) is 10.1. The SMILES string of the molecule is CCNC(CSC(C)CCO)C12CC3CC(CC(C3)C1)C2. The first-order valence-electron chi connectivity index (χ1n) is 9.11. The molecule has 2 unspecified atom stereocenters. The molecule has 0 heterocycles. The molecule has 0 aromatic carbocycles. The topological polar surface area (TPSA) is 32.3 Å². The molecule has 0 spiro atoms. The molecule has 0 aromatic rings. The fourth-order valence-electron chi connectivity index (χ4n) is 5.83. The minimum atomic E-state index is 0.331. The van der Waals surface area contributed by atoms with Crippen molar-refractivity contribution < 1.29 is 5.11 Å². The molecule has 0 aliphatic heterocycles. The van der Waals surface area contributed by atoms with Gasteiger partial charge in [0.2, 0.25) is 0 Å². The maximum atomic E-state index is 9.11. The van der Waals surface area contributed by atoms with Crippen LogP contribution in [0, 0.1) is 23.2 Å². The fraction of sp³-hybridized carbons (Fsp3) is 1.00. The second-order valence-corrected chi connectivity index (χ2v) is 9.52. The van der Waals surface area contributed by atoms with Crippen LogP contribution in [-0.2, 0) is 0 Å². The molecule has 4 aliphatic rings. The molecule has 4 bridgehead atoms. The van der Waals surface area contributed by atoms with Gasteiger partial charge in [-0.15, -0.1) is 0 Å². The highest BCUT2D eigenvalue weighted by molar-refractivity contribution is 7.99. The van der Waals surface area contributed by atoms with Crippen LogP contribution in [0.15, 0.2) is 0 Å². The Balaban J connectivity index is 1.65. The lowest BCUT2D eigenvalue weighted by molar-refractivity contribution is -0.0691. The number of rotatable bonds is 8. The highest BCUT2D eigenvalue weighted by Crippen LogP contribution is 2.61. The van der Waals surface area contributed by atoms with Crippen molar-refractivity contribution in [1.82, 2.24) is 5.32 Å². The van der Waals surface area contributed by atoms with Crippen LogP contribution in [0.5, 0.6) is 0 Å². The van der Waals surface area contributed by atoms with Crippen LogP contribution >= 0.6 is 11.8 Å². The molecular formula is C18H33NOS. The Hall–Kier alpha value is 0.270. The summed E-state index contributed by atoms with van der Waals surface area (Å²) in [6, 6.07) is 0.696. The van der Waals surface area contributed by atoms with E-state index in [9.17, 15) is 0 Å². The summed E-state index contributed by atoms with van der Waals surface area (Å²) in [7, 11) is 0. The number of nitrogens with one attached hydrogen (secondary N) is 1. The minimum absolute atomic E-state index is 0.331. The predicted octanol–water partition coefficient (Wildman–Crippen LogP) is 3.69. The van der Waals surface area contributed by atoms with E-state index >= 15 is 0 Å². The molecule has 4 aliphatic carbocycles. The van der Waals surface area contributed by atoms with Gasteiger partial charge in [-0.1, -0.05) is 13.8 Å². The summed E-state index contributed by atoms with van der Waals surface area (Å²) in [5.41, 5.74) is 0.608. The fourth-order valence-corrected chi connectivity index (χ4v) is 7.09. The first kappa shape index (κ1) is 16.1. The van der Waals surface area contributed by atoms with Gasteiger partial charge in [-0.05, 0) is 74.7 Å². The van der Waals surface area contributed by atoms with Crippen molar-refractivity contribution in [2.24, 2.45) is 23.2 Å². The Morgan fingerprint density at radius 3 is 2.19 bits per heavy atom. The van der Waals surface area contributed by atoms with E-state index in [2.05, 4.69) is 30.9 Å². The van der Waals surface area contributed by atoms with Crippen LogP contribution in [-0.4, -0.2) is 35.3 Å². The van der Waals surface area contributed by atoms with Gasteiger partial charge in [0.15, 0.2) is 0 Å². The quantitative estimate of drug-likeness (QED) is 0.717. The van der Waals surface area contributed by atoms with Crippen LogP contribution in [0.25, 0.3) is 0 Å². The van der Waals surface area contributed by atoms with Gasteiger partial charge >= 0.3 is 0 Å². The molecule has 122 valence electrons. The van der Waals surface area contributed by atoms with Gasteiger partial charge in [-0.3, -0.25) is 0 Å². The first-order valence-corrected chi connectivity index (χ1v) is 10.2. The second-order valence-electron chi connectivity index (χ2n) is 8.05. The summed E-state index contributed by atoms with van der Waals surface area (Å²) in [5.74, 6) is 4.35. The summed E-state index contributed by atoms with van der Waals surface area (Å²) < 4.78 is 0. The molecule has 4 rings (SSSR count). The molecule has 2 nitrogen and oxygen atoms in total. The standard InChI is InChI=1S/C18H33NOS/c1-3-19-17(12-21-13(2)4-5-20)18-9-14-6-15(10-18)8-16(7-14)11-18/h13-17,19-20H,3-12H2,1-2H3. The van der Waals surface area contributed by atoms with Crippen molar-refractivity contribution in [2.75, 3.05) is 18.9 Å². The van der Waals surface area contributed by atoms with Crippen molar-refractivity contribution in [1.29, 1.82) is 0 Å². The highest BCUT2D eigenvalue weighted by atomic mass is 32.2. The average molecular weight is 312 g/mol. The lowest BCUT2D eigenvalue weighted by atomic mass is 9.48. The maximum absolute atomic E-state index is 9.11. The van der Waals surface area contributed by atoms with Gasteiger partial charge < -0.3 is 10.4 Å². The lowest BCUT2D eigenvalue weighted by Crippen LogP contribution is -2.57. The summed E-state index contributed by atoms with van der Waals surface area (Å²) >= 11 is 2.08. The van der Waals surface area contributed by atoms with E-state index < -0.39 is 0 Å². The van der Waals surface area contributed by atoms with Crippen LogP contribution in [0.1, 0.15) is 58.8 Å². The van der Waals surface area contributed by atoms with E-state index in [4.69, 9.17) is 5.11 Å². The van der Waals surface area contributed by atoms with Crippen molar-refractivity contribution >= 4 is 11.8 Å². The zero-order valence-corrected chi connectivity index (χ0v) is 14.6. The van der Waals surface area contributed by atoms with Gasteiger partial charge in [0, 0.05) is 23.7 Å². The predicted molar refractivity (Wildman–Crippen MR) is 91.7 cm³/mol. The molecule has 4 fully saturated rings. The Kier molecular flexibility index (Phi) is 5.23. The number of aliphatic hydroxyl groups is 1. The largest absolute Gasteiger partial charge is 0.396 e. The number of hydrogen-bond donors (Lipinski definition) is 2. The lowest BCUT2D eigenvalue weighted by Gasteiger charge is -2.59. The molecule has 0 amide bonds. The van der Waals surface area contributed by atoms with Gasteiger partial charge in [0.25, 0.3) is 0 Å². The maximum Gasteiger partial charge on any atom is 0.0441 e. The molecule has 0 radical (unpaired) electrons.